The van der Waals surface area contributed by atoms with Gasteiger partial charge in [-0.1, -0.05) is 6.07 Å². The molecule has 0 spiro atoms. The average Bonchev–Trinajstić information content (AvgIpc) is 3.30. The van der Waals surface area contributed by atoms with Crippen LogP contribution >= 0.6 is 11.3 Å². The third-order valence-electron chi connectivity index (χ3n) is 6.76. The Kier molecular flexibility index (Phi) is 6.67. The minimum atomic E-state index is -0.569. The van der Waals surface area contributed by atoms with E-state index in [-0.39, 0.29) is 18.0 Å². The number of fused-ring (bicyclic) bond motifs is 1. The number of benzene rings is 1. The number of nitrogens with zero attached hydrogens (tertiary/aromatic N) is 2. The molecular formula is C25H32N6O2S. The van der Waals surface area contributed by atoms with Gasteiger partial charge >= 0.3 is 0 Å². The summed E-state index contributed by atoms with van der Waals surface area (Å²) in [5.74, 6) is 1.25. The Balaban J connectivity index is 1.31. The first-order chi connectivity index (χ1) is 16.4. The van der Waals surface area contributed by atoms with Crippen molar-refractivity contribution in [2.75, 3.05) is 23.7 Å². The van der Waals surface area contributed by atoms with E-state index in [2.05, 4.69) is 26.3 Å². The van der Waals surface area contributed by atoms with Crippen LogP contribution in [0, 0.1) is 0 Å². The number of aliphatic hydroxyl groups is 1. The van der Waals surface area contributed by atoms with Crippen LogP contribution in [-0.4, -0.2) is 51.8 Å². The van der Waals surface area contributed by atoms with Gasteiger partial charge in [-0.25, -0.2) is 4.98 Å². The topological polar surface area (TPSA) is 111 Å². The maximum atomic E-state index is 12.8. The second kappa shape index (κ2) is 9.85. The zero-order valence-electron chi connectivity index (χ0n) is 19.4. The summed E-state index contributed by atoms with van der Waals surface area (Å²) in [6.07, 6.45) is 5.27. The lowest BCUT2D eigenvalue weighted by Gasteiger charge is -2.33. The summed E-state index contributed by atoms with van der Waals surface area (Å²) in [5, 5.41) is 25.6. The molecule has 3 aromatic rings. The molecule has 3 heterocycles. The van der Waals surface area contributed by atoms with Gasteiger partial charge in [-0.05, 0) is 88.2 Å². The van der Waals surface area contributed by atoms with E-state index in [0.717, 1.165) is 73.3 Å². The largest absolute Gasteiger partial charge is 0.390 e. The Labute approximate surface area is 203 Å². The SMILES string of the molecule is CC1(O)CCC(Nc2nc(Nc3cccc(C(=O)NC4CCNCC4)c3)nc3ccsc23)CC1. The zero-order chi connectivity index (χ0) is 23.5. The molecule has 34 heavy (non-hydrogen) atoms. The smallest absolute Gasteiger partial charge is 0.251 e. The number of piperidine rings is 1. The summed E-state index contributed by atoms with van der Waals surface area (Å²) in [4.78, 5) is 22.2. The predicted octanol–water partition coefficient (Wildman–Crippen LogP) is 4.02. The van der Waals surface area contributed by atoms with Crippen molar-refractivity contribution in [2.45, 2.75) is 63.1 Å². The van der Waals surface area contributed by atoms with Crippen LogP contribution in [-0.2, 0) is 0 Å². The average molecular weight is 481 g/mol. The Bertz CT molecular complexity index is 1150. The molecule has 1 saturated heterocycles. The van der Waals surface area contributed by atoms with E-state index in [0.29, 0.717) is 11.5 Å². The molecule has 0 bridgehead atoms. The van der Waals surface area contributed by atoms with E-state index in [1.54, 1.807) is 11.3 Å². The maximum Gasteiger partial charge on any atom is 0.251 e. The van der Waals surface area contributed by atoms with Crippen molar-refractivity contribution in [2.24, 2.45) is 0 Å². The number of nitrogens with one attached hydrogen (secondary N) is 4. The standard InChI is InChI=1S/C25H32N6O2S/c1-25(33)10-5-17(6-11-25)27-22-21-20(9-14-34-21)30-24(31-22)29-19-4-2-3-16(15-19)23(32)28-18-7-12-26-13-8-18/h2-4,9,14-15,17-18,26,33H,5-8,10-13H2,1H3,(H,28,32)(H2,27,29,30,31). The van der Waals surface area contributed by atoms with Gasteiger partial charge in [0.05, 0.1) is 15.8 Å². The van der Waals surface area contributed by atoms with Crippen LogP contribution in [0.4, 0.5) is 17.5 Å². The molecule has 2 aliphatic rings. The molecule has 8 nitrogen and oxygen atoms in total. The van der Waals surface area contributed by atoms with Crippen molar-refractivity contribution in [3.63, 3.8) is 0 Å². The molecule has 1 aliphatic heterocycles. The van der Waals surface area contributed by atoms with Crippen molar-refractivity contribution in [1.82, 2.24) is 20.6 Å². The molecule has 1 aromatic carbocycles. The Morgan fingerprint density at radius 3 is 2.71 bits per heavy atom. The molecule has 2 aromatic heterocycles. The minimum Gasteiger partial charge on any atom is -0.390 e. The van der Waals surface area contributed by atoms with E-state index >= 15 is 0 Å². The van der Waals surface area contributed by atoms with Crippen LogP contribution in [0.1, 0.15) is 55.8 Å². The summed E-state index contributed by atoms with van der Waals surface area (Å²) in [5.41, 5.74) is 1.70. The lowest BCUT2D eigenvalue weighted by molar-refractivity contribution is 0.0196. The molecule has 1 aliphatic carbocycles. The van der Waals surface area contributed by atoms with E-state index < -0.39 is 5.60 Å². The van der Waals surface area contributed by atoms with E-state index in [9.17, 15) is 9.90 Å². The van der Waals surface area contributed by atoms with Gasteiger partial charge in [0.25, 0.3) is 5.91 Å². The molecule has 5 N–H and O–H groups in total. The second-order valence-corrected chi connectivity index (χ2v) is 10.6. The third-order valence-corrected chi connectivity index (χ3v) is 7.67. The fourth-order valence-corrected chi connectivity index (χ4v) is 5.48. The quantitative estimate of drug-likeness (QED) is 0.362. The van der Waals surface area contributed by atoms with Crippen LogP contribution < -0.4 is 21.3 Å². The molecular weight excluding hydrogens is 448 g/mol. The van der Waals surface area contributed by atoms with Crippen molar-refractivity contribution in [3.8, 4) is 0 Å². The maximum absolute atomic E-state index is 12.8. The Morgan fingerprint density at radius 1 is 1.12 bits per heavy atom. The number of anilines is 3. The third kappa shape index (κ3) is 5.48. The van der Waals surface area contributed by atoms with Crippen LogP contribution in [0.3, 0.4) is 0 Å². The molecule has 5 rings (SSSR count). The van der Waals surface area contributed by atoms with Crippen LogP contribution in [0.2, 0.25) is 0 Å². The number of hydrogen-bond acceptors (Lipinski definition) is 8. The second-order valence-electron chi connectivity index (χ2n) is 9.65. The Morgan fingerprint density at radius 2 is 1.91 bits per heavy atom. The van der Waals surface area contributed by atoms with Gasteiger partial charge in [-0.2, -0.15) is 4.98 Å². The van der Waals surface area contributed by atoms with Crippen molar-refractivity contribution < 1.29 is 9.90 Å². The van der Waals surface area contributed by atoms with Crippen molar-refractivity contribution in [1.29, 1.82) is 0 Å². The van der Waals surface area contributed by atoms with Crippen LogP contribution in [0.25, 0.3) is 10.2 Å². The molecule has 2 fully saturated rings. The first-order valence-corrected chi connectivity index (χ1v) is 13.0. The van der Waals surface area contributed by atoms with E-state index in [1.165, 1.54) is 0 Å². The highest BCUT2D eigenvalue weighted by molar-refractivity contribution is 7.17. The summed E-state index contributed by atoms with van der Waals surface area (Å²) in [6.45, 7) is 3.78. The number of hydrogen-bond donors (Lipinski definition) is 5. The molecule has 0 radical (unpaired) electrons. The number of thiophene rings is 1. The molecule has 9 heteroatoms. The summed E-state index contributed by atoms with van der Waals surface area (Å²) in [6, 6.07) is 9.94. The molecule has 0 atom stereocenters. The van der Waals surface area contributed by atoms with Gasteiger partial charge in [0, 0.05) is 23.3 Å². The number of carbonyl (C=O) groups is 1. The molecule has 1 amide bonds. The number of amides is 1. The summed E-state index contributed by atoms with van der Waals surface area (Å²) in [7, 11) is 0. The molecule has 0 unspecified atom stereocenters. The highest BCUT2D eigenvalue weighted by Gasteiger charge is 2.29. The highest BCUT2D eigenvalue weighted by atomic mass is 32.1. The number of carbonyl (C=O) groups excluding carboxylic acids is 1. The first-order valence-electron chi connectivity index (χ1n) is 12.1. The Hall–Kier alpha value is -2.75. The highest BCUT2D eigenvalue weighted by Crippen LogP contribution is 2.33. The van der Waals surface area contributed by atoms with Gasteiger partial charge < -0.3 is 26.4 Å². The normalized spacial score (nSPS) is 23.5. The van der Waals surface area contributed by atoms with Gasteiger partial charge in [0.1, 0.15) is 5.82 Å². The van der Waals surface area contributed by atoms with Crippen LogP contribution in [0.15, 0.2) is 35.7 Å². The molecule has 180 valence electrons. The van der Waals surface area contributed by atoms with Crippen molar-refractivity contribution in [3.05, 3.63) is 41.3 Å². The van der Waals surface area contributed by atoms with Gasteiger partial charge in [0.2, 0.25) is 5.95 Å². The zero-order valence-corrected chi connectivity index (χ0v) is 20.3. The molecule has 1 saturated carbocycles. The fraction of sp³-hybridized carbons (Fsp3) is 0.480. The summed E-state index contributed by atoms with van der Waals surface area (Å²) >= 11 is 1.62. The van der Waals surface area contributed by atoms with Gasteiger partial charge in [-0.15, -0.1) is 11.3 Å². The monoisotopic (exact) mass is 480 g/mol. The van der Waals surface area contributed by atoms with E-state index in [4.69, 9.17) is 4.98 Å². The predicted molar refractivity (Wildman–Crippen MR) is 137 cm³/mol. The number of aromatic nitrogens is 2. The minimum absolute atomic E-state index is 0.0553. The number of rotatable bonds is 6. The fourth-order valence-electron chi connectivity index (χ4n) is 4.70. The van der Waals surface area contributed by atoms with Crippen molar-refractivity contribution >= 4 is 44.9 Å². The van der Waals surface area contributed by atoms with Gasteiger partial charge in [0.15, 0.2) is 0 Å². The van der Waals surface area contributed by atoms with Gasteiger partial charge in [-0.3, -0.25) is 4.79 Å². The lowest BCUT2D eigenvalue weighted by Crippen LogP contribution is -2.42. The first kappa shape index (κ1) is 23.0. The van der Waals surface area contributed by atoms with E-state index in [1.807, 2.05) is 42.6 Å². The summed E-state index contributed by atoms with van der Waals surface area (Å²) < 4.78 is 1.03. The van der Waals surface area contributed by atoms with Crippen LogP contribution in [0.5, 0.6) is 0 Å². The lowest BCUT2D eigenvalue weighted by atomic mass is 9.84.